The van der Waals surface area contributed by atoms with Crippen LogP contribution in [0, 0.1) is 5.92 Å². The van der Waals surface area contributed by atoms with Gasteiger partial charge < -0.3 is 20.6 Å². The fraction of sp³-hybridized carbons (Fsp3) is 0.577. The van der Waals surface area contributed by atoms with E-state index in [2.05, 4.69) is 38.7 Å². The summed E-state index contributed by atoms with van der Waals surface area (Å²) >= 11 is 0. The maximum Gasteiger partial charge on any atom is 0.260 e. The topological polar surface area (TPSA) is 95.3 Å². The molecule has 8 nitrogen and oxygen atoms in total. The lowest BCUT2D eigenvalue weighted by molar-refractivity contribution is 0.156. The molecule has 2 aromatic heterocycles. The third-order valence-corrected chi connectivity index (χ3v) is 7.74. The summed E-state index contributed by atoms with van der Waals surface area (Å²) < 4.78 is 1.92. The van der Waals surface area contributed by atoms with Gasteiger partial charge in [0, 0.05) is 56.0 Å². The number of pyridine rings is 1. The van der Waals surface area contributed by atoms with Gasteiger partial charge in [-0.05, 0) is 68.4 Å². The van der Waals surface area contributed by atoms with Gasteiger partial charge in [0.25, 0.3) is 5.56 Å². The van der Waals surface area contributed by atoms with Crippen LogP contribution in [-0.2, 0) is 0 Å². The highest BCUT2D eigenvalue weighted by atomic mass is 16.3. The molecule has 180 valence electrons. The van der Waals surface area contributed by atoms with Crippen LogP contribution in [-0.4, -0.2) is 58.5 Å². The third-order valence-electron chi connectivity index (χ3n) is 7.74. The van der Waals surface area contributed by atoms with E-state index < -0.39 is 0 Å². The molecule has 0 spiro atoms. The summed E-state index contributed by atoms with van der Waals surface area (Å²) in [6.45, 7) is 4.66. The normalized spacial score (nSPS) is 23.9. The van der Waals surface area contributed by atoms with Crippen LogP contribution in [0.5, 0.6) is 0 Å². The van der Waals surface area contributed by atoms with E-state index in [9.17, 15) is 9.90 Å². The Labute approximate surface area is 199 Å². The van der Waals surface area contributed by atoms with Crippen LogP contribution in [0.4, 0.5) is 11.6 Å². The molecule has 0 bridgehead atoms. The first-order chi connectivity index (χ1) is 16.7. The number of aliphatic hydroxyl groups is 1. The molecular weight excluding hydrogens is 428 g/mol. The molecule has 0 radical (unpaired) electrons. The Morgan fingerprint density at radius 2 is 1.88 bits per heavy atom. The Hall–Kier alpha value is -2.71. The second-order valence-electron chi connectivity index (χ2n) is 10.2. The van der Waals surface area contributed by atoms with E-state index in [1.807, 2.05) is 10.8 Å². The van der Waals surface area contributed by atoms with Gasteiger partial charge in [-0.3, -0.25) is 9.36 Å². The maximum atomic E-state index is 14.0. The molecule has 8 heteroatoms. The molecule has 0 amide bonds. The van der Waals surface area contributed by atoms with E-state index in [1.165, 1.54) is 12.8 Å². The predicted molar refractivity (Wildman–Crippen MR) is 136 cm³/mol. The lowest BCUT2D eigenvalue weighted by Crippen LogP contribution is -2.43. The van der Waals surface area contributed by atoms with E-state index in [1.54, 1.807) is 0 Å². The Balaban J connectivity index is 1.50. The minimum absolute atomic E-state index is 0.0210. The number of hydrogen-bond acceptors (Lipinski definition) is 7. The van der Waals surface area contributed by atoms with Crippen molar-refractivity contribution in [3.05, 3.63) is 34.7 Å². The van der Waals surface area contributed by atoms with Crippen molar-refractivity contribution in [2.24, 2.45) is 5.92 Å². The molecule has 3 aliphatic rings. The number of aliphatic hydroxyl groups excluding tert-OH is 1. The van der Waals surface area contributed by atoms with Crippen molar-refractivity contribution in [2.75, 3.05) is 42.9 Å². The summed E-state index contributed by atoms with van der Waals surface area (Å²) in [5.74, 6) is 1.31. The van der Waals surface area contributed by atoms with Crippen molar-refractivity contribution < 1.29 is 5.11 Å². The molecule has 1 saturated heterocycles. The fourth-order valence-corrected chi connectivity index (χ4v) is 5.54. The van der Waals surface area contributed by atoms with E-state index in [0.29, 0.717) is 17.5 Å². The number of hydrogen-bond donors (Lipinski definition) is 3. The predicted octanol–water partition coefficient (Wildman–Crippen LogP) is 3.04. The molecule has 2 aliphatic carbocycles. The number of nitrogens with zero attached hydrogens (tertiary/aromatic N) is 4. The van der Waals surface area contributed by atoms with Gasteiger partial charge in [0.05, 0.1) is 11.5 Å². The Kier molecular flexibility index (Phi) is 5.87. The highest BCUT2D eigenvalue weighted by Crippen LogP contribution is 2.33. The quantitative estimate of drug-likeness (QED) is 0.396. The molecule has 3 heterocycles. The zero-order valence-corrected chi connectivity index (χ0v) is 19.7. The SMILES string of the molecule is O=c1c2cc(N3CCNCC3)ccc2c2cnc(NCC3CC3)nc2n1C1CCC[C@@H](O)CC1. The van der Waals surface area contributed by atoms with Gasteiger partial charge in [-0.2, -0.15) is 4.98 Å². The average Bonchev–Trinajstić information content (AvgIpc) is 3.72. The van der Waals surface area contributed by atoms with Gasteiger partial charge in [0.1, 0.15) is 5.65 Å². The molecule has 2 atom stereocenters. The first-order valence-electron chi connectivity index (χ1n) is 12.9. The average molecular weight is 463 g/mol. The summed E-state index contributed by atoms with van der Waals surface area (Å²) in [6.07, 6.45) is 8.21. The second-order valence-corrected chi connectivity index (χ2v) is 10.2. The van der Waals surface area contributed by atoms with Crippen molar-refractivity contribution in [1.29, 1.82) is 0 Å². The molecule has 1 aromatic carbocycles. The highest BCUT2D eigenvalue weighted by Gasteiger charge is 2.25. The second kappa shape index (κ2) is 9.15. The highest BCUT2D eigenvalue weighted by molar-refractivity contribution is 6.05. The van der Waals surface area contributed by atoms with E-state index in [-0.39, 0.29) is 17.7 Å². The number of aromatic nitrogens is 3. The Bertz CT molecular complexity index is 1250. The summed E-state index contributed by atoms with van der Waals surface area (Å²) in [6, 6.07) is 6.28. The molecule has 6 rings (SSSR count). The molecule has 34 heavy (non-hydrogen) atoms. The molecule has 3 aromatic rings. The molecule has 3 fully saturated rings. The van der Waals surface area contributed by atoms with Crippen LogP contribution in [0.3, 0.4) is 0 Å². The smallest absolute Gasteiger partial charge is 0.260 e. The molecular formula is C26H34N6O2. The van der Waals surface area contributed by atoms with Crippen LogP contribution in [0.15, 0.2) is 29.2 Å². The van der Waals surface area contributed by atoms with Gasteiger partial charge in [0.15, 0.2) is 0 Å². The Morgan fingerprint density at radius 1 is 1.03 bits per heavy atom. The number of benzene rings is 1. The van der Waals surface area contributed by atoms with Crippen molar-refractivity contribution in [3.63, 3.8) is 0 Å². The standard InChI is InChI=1S/C26H34N6O2/c33-20-3-1-2-18(6-8-20)32-24-23(16-29-26(30-24)28-15-17-4-5-17)21-9-7-19(14-22(21)25(32)34)31-12-10-27-11-13-31/h7,9,14,16-18,20,27,33H,1-6,8,10-13,15H2,(H,28,29,30)/t18?,20-/m1/s1. The van der Waals surface area contributed by atoms with Gasteiger partial charge in [-0.1, -0.05) is 6.07 Å². The number of rotatable bonds is 5. The van der Waals surface area contributed by atoms with Crippen LogP contribution >= 0.6 is 0 Å². The Morgan fingerprint density at radius 3 is 2.71 bits per heavy atom. The largest absolute Gasteiger partial charge is 0.393 e. The van der Waals surface area contributed by atoms with Crippen LogP contribution < -0.4 is 21.1 Å². The van der Waals surface area contributed by atoms with E-state index in [0.717, 1.165) is 86.7 Å². The fourth-order valence-electron chi connectivity index (χ4n) is 5.54. The summed E-state index contributed by atoms with van der Waals surface area (Å²) in [5.41, 5.74) is 1.83. The molecule has 2 saturated carbocycles. The number of nitrogens with one attached hydrogen (secondary N) is 2. The van der Waals surface area contributed by atoms with Crippen molar-refractivity contribution in [2.45, 2.75) is 57.1 Å². The monoisotopic (exact) mass is 462 g/mol. The van der Waals surface area contributed by atoms with E-state index in [4.69, 9.17) is 4.98 Å². The van der Waals surface area contributed by atoms with Gasteiger partial charge >= 0.3 is 0 Å². The minimum atomic E-state index is -0.280. The molecule has 3 N–H and O–H groups in total. The number of fused-ring (bicyclic) bond motifs is 3. The maximum absolute atomic E-state index is 14.0. The van der Waals surface area contributed by atoms with Crippen LogP contribution in [0.2, 0.25) is 0 Å². The third kappa shape index (κ3) is 4.25. The number of anilines is 2. The van der Waals surface area contributed by atoms with Crippen molar-refractivity contribution >= 4 is 33.4 Å². The van der Waals surface area contributed by atoms with Crippen molar-refractivity contribution in [1.82, 2.24) is 19.9 Å². The van der Waals surface area contributed by atoms with E-state index >= 15 is 0 Å². The van der Waals surface area contributed by atoms with Crippen LogP contribution in [0.1, 0.15) is 51.0 Å². The summed E-state index contributed by atoms with van der Waals surface area (Å²) in [5, 5.41) is 19.6. The lowest BCUT2D eigenvalue weighted by atomic mass is 10.0. The first-order valence-corrected chi connectivity index (χ1v) is 12.9. The first kappa shape index (κ1) is 21.8. The van der Waals surface area contributed by atoms with Gasteiger partial charge in [0.2, 0.25) is 5.95 Å². The van der Waals surface area contributed by atoms with Gasteiger partial charge in [-0.15, -0.1) is 0 Å². The zero-order chi connectivity index (χ0) is 23.1. The van der Waals surface area contributed by atoms with Crippen LogP contribution in [0.25, 0.3) is 21.8 Å². The molecule has 1 unspecified atom stereocenters. The lowest BCUT2D eigenvalue weighted by Gasteiger charge is -2.29. The number of piperazine rings is 1. The van der Waals surface area contributed by atoms with Crippen molar-refractivity contribution in [3.8, 4) is 0 Å². The molecule has 1 aliphatic heterocycles. The van der Waals surface area contributed by atoms with Gasteiger partial charge in [-0.25, -0.2) is 4.98 Å². The summed E-state index contributed by atoms with van der Waals surface area (Å²) in [4.78, 5) is 25.9. The summed E-state index contributed by atoms with van der Waals surface area (Å²) in [7, 11) is 0. The minimum Gasteiger partial charge on any atom is -0.393 e. The zero-order valence-electron chi connectivity index (χ0n) is 19.7.